The Morgan fingerprint density at radius 2 is 2.25 bits per heavy atom. The van der Waals surface area contributed by atoms with Crippen molar-refractivity contribution < 1.29 is 14.5 Å². The van der Waals surface area contributed by atoms with Crippen LogP contribution in [0.15, 0.2) is 40.0 Å². The lowest BCUT2D eigenvalue weighted by Crippen LogP contribution is -2.37. The summed E-state index contributed by atoms with van der Waals surface area (Å²) in [5.74, 6) is 0.377. The van der Waals surface area contributed by atoms with Gasteiger partial charge in [0.25, 0.3) is 5.91 Å². The molecule has 2 aromatic rings. The molecule has 0 atom stereocenters. The molecule has 1 aliphatic heterocycles. The van der Waals surface area contributed by atoms with Gasteiger partial charge in [-0.05, 0) is 13.0 Å². The number of aromatic nitrogens is 1. The minimum atomic E-state index is -0.216. The first kappa shape index (κ1) is 12.4. The van der Waals surface area contributed by atoms with Crippen LogP contribution in [0.2, 0.25) is 0 Å². The molecule has 0 bridgehead atoms. The Morgan fingerprint density at radius 1 is 1.45 bits per heavy atom. The molecule has 1 N–H and O–H groups in total. The molecule has 102 valence electrons. The summed E-state index contributed by atoms with van der Waals surface area (Å²) in [7, 11) is 0. The van der Waals surface area contributed by atoms with Gasteiger partial charge in [0, 0.05) is 24.6 Å². The molecule has 0 saturated heterocycles. The number of fused-ring (bicyclic) bond motifs is 1. The Hall–Kier alpha value is -2.63. The fraction of sp³-hybridized carbons (Fsp3) is 0.214. The highest BCUT2D eigenvalue weighted by Gasteiger charge is 2.28. The smallest absolute Gasteiger partial charge is 0.280 e. The van der Waals surface area contributed by atoms with Crippen molar-refractivity contribution >= 4 is 17.3 Å². The number of benzene rings is 1. The highest BCUT2D eigenvalue weighted by Crippen LogP contribution is 2.28. The summed E-state index contributed by atoms with van der Waals surface area (Å²) in [6.07, 6.45) is 0.496. The lowest BCUT2D eigenvalue weighted by atomic mass is 9.99. The van der Waals surface area contributed by atoms with Gasteiger partial charge in [0.2, 0.25) is 0 Å². The Labute approximate surface area is 115 Å². The lowest BCUT2D eigenvalue weighted by Gasteiger charge is -2.29. The van der Waals surface area contributed by atoms with Gasteiger partial charge >= 0.3 is 0 Å². The van der Waals surface area contributed by atoms with Crippen LogP contribution in [0, 0.1) is 6.92 Å². The molecule has 20 heavy (non-hydrogen) atoms. The number of carbonyl (C=O) groups is 1. The zero-order valence-corrected chi connectivity index (χ0v) is 10.9. The van der Waals surface area contributed by atoms with E-state index in [9.17, 15) is 4.79 Å². The molecular formula is C14H13N3O3. The van der Waals surface area contributed by atoms with Gasteiger partial charge in [-0.25, -0.2) is 0 Å². The number of nitrogens with zero attached hydrogens (tertiary/aromatic N) is 3. The molecular weight excluding hydrogens is 258 g/mol. The third-order valence-electron chi connectivity index (χ3n) is 3.29. The summed E-state index contributed by atoms with van der Waals surface area (Å²) in [6.45, 7) is 2.19. The zero-order chi connectivity index (χ0) is 14.1. The number of amides is 1. The predicted octanol–water partition coefficient (Wildman–Crippen LogP) is 2.21. The normalized spacial score (nSPS) is 16.2. The van der Waals surface area contributed by atoms with Crippen LogP contribution in [0.3, 0.4) is 0 Å². The van der Waals surface area contributed by atoms with Gasteiger partial charge in [-0.2, -0.15) is 0 Å². The number of para-hydroxylation sites is 1. The molecule has 0 fully saturated rings. The van der Waals surface area contributed by atoms with Gasteiger partial charge < -0.3 is 14.6 Å². The molecule has 0 aliphatic carbocycles. The standard InChI is InChI=1S/C14H13N3O3/c1-9-8-12(16-20-9)14(18)17-7-6-11(15-19)10-4-2-3-5-13(10)17/h2-5,8,19H,6-7H2,1H3. The number of hydrogen-bond donors (Lipinski definition) is 1. The number of oxime groups is 1. The molecule has 0 spiro atoms. The Kier molecular flexibility index (Phi) is 2.98. The summed E-state index contributed by atoms with van der Waals surface area (Å²) in [5, 5.41) is 16.1. The summed E-state index contributed by atoms with van der Waals surface area (Å²) in [6, 6.07) is 8.95. The van der Waals surface area contributed by atoms with Crippen LogP contribution in [0.25, 0.3) is 0 Å². The van der Waals surface area contributed by atoms with Crippen LogP contribution < -0.4 is 4.90 Å². The maximum absolute atomic E-state index is 12.5. The quantitative estimate of drug-likeness (QED) is 0.637. The number of carbonyl (C=O) groups excluding carboxylic acids is 1. The van der Waals surface area contributed by atoms with E-state index >= 15 is 0 Å². The average molecular weight is 271 g/mol. The van der Waals surface area contributed by atoms with E-state index in [0.29, 0.717) is 24.4 Å². The van der Waals surface area contributed by atoms with Gasteiger partial charge in [-0.15, -0.1) is 0 Å². The molecule has 6 nitrogen and oxygen atoms in total. The summed E-state index contributed by atoms with van der Waals surface area (Å²) < 4.78 is 4.95. The molecule has 1 aromatic carbocycles. The second kappa shape index (κ2) is 4.80. The number of anilines is 1. The van der Waals surface area contributed by atoms with Crippen LogP contribution in [0.5, 0.6) is 0 Å². The van der Waals surface area contributed by atoms with Gasteiger partial charge in [0.05, 0.1) is 11.4 Å². The highest BCUT2D eigenvalue weighted by molar-refractivity contribution is 6.14. The van der Waals surface area contributed by atoms with Crippen molar-refractivity contribution in [3.63, 3.8) is 0 Å². The second-order valence-corrected chi connectivity index (χ2v) is 4.59. The lowest BCUT2D eigenvalue weighted by molar-refractivity contribution is 0.0978. The summed E-state index contributed by atoms with van der Waals surface area (Å²) >= 11 is 0. The van der Waals surface area contributed by atoms with E-state index in [-0.39, 0.29) is 11.6 Å². The first-order valence-electron chi connectivity index (χ1n) is 6.26. The second-order valence-electron chi connectivity index (χ2n) is 4.59. The largest absolute Gasteiger partial charge is 0.411 e. The molecule has 3 rings (SSSR count). The Bertz CT molecular complexity index is 690. The predicted molar refractivity (Wildman–Crippen MR) is 72.3 cm³/mol. The number of hydrogen-bond acceptors (Lipinski definition) is 5. The van der Waals surface area contributed by atoms with Crippen LogP contribution in [-0.4, -0.2) is 28.5 Å². The van der Waals surface area contributed by atoms with Gasteiger partial charge in [-0.1, -0.05) is 28.5 Å². The van der Waals surface area contributed by atoms with E-state index in [1.54, 1.807) is 17.9 Å². The first-order chi connectivity index (χ1) is 9.70. The minimum absolute atomic E-state index is 0.216. The van der Waals surface area contributed by atoms with Crippen molar-refractivity contribution in [3.8, 4) is 0 Å². The van der Waals surface area contributed by atoms with Crippen LogP contribution in [0.1, 0.15) is 28.2 Å². The van der Waals surface area contributed by atoms with E-state index in [2.05, 4.69) is 10.3 Å². The van der Waals surface area contributed by atoms with Gasteiger partial charge in [-0.3, -0.25) is 4.79 Å². The SMILES string of the molecule is Cc1cc(C(=O)N2CCC(=NO)c3ccccc32)no1. The third-order valence-corrected chi connectivity index (χ3v) is 3.29. The van der Waals surface area contributed by atoms with E-state index in [1.165, 1.54) is 0 Å². The van der Waals surface area contributed by atoms with Gasteiger partial charge in [0.1, 0.15) is 5.76 Å². The molecule has 1 aromatic heterocycles. The van der Waals surface area contributed by atoms with Crippen molar-refractivity contribution in [1.82, 2.24) is 5.16 Å². The average Bonchev–Trinajstić information content (AvgIpc) is 2.92. The maximum Gasteiger partial charge on any atom is 0.280 e. The van der Waals surface area contributed by atoms with E-state index in [1.807, 2.05) is 24.3 Å². The monoisotopic (exact) mass is 271 g/mol. The minimum Gasteiger partial charge on any atom is -0.411 e. The maximum atomic E-state index is 12.5. The third kappa shape index (κ3) is 1.95. The Morgan fingerprint density at radius 3 is 2.95 bits per heavy atom. The van der Waals surface area contributed by atoms with Crippen molar-refractivity contribution in [2.45, 2.75) is 13.3 Å². The fourth-order valence-corrected chi connectivity index (χ4v) is 2.35. The molecule has 1 amide bonds. The van der Waals surface area contributed by atoms with Gasteiger partial charge in [0.15, 0.2) is 5.69 Å². The molecule has 0 radical (unpaired) electrons. The molecule has 2 heterocycles. The van der Waals surface area contributed by atoms with Crippen LogP contribution >= 0.6 is 0 Å². The van der Waals surface area contributed by atoms with E-state index in [0.717, 1.165) is 11.3 Å². The summed E-state index contributed by atoms with van der Waals surface area (Å²) in [5.41, 5.74) is 2.34. The van der Waals surface area contributed by atoms with E-state index in [4.69, 9.17) is 9.73 Å². The molecule has 0 saturated carbocycles. The zero-order valence-electron chi connectivity index (χ0n) is 10.9. The van der Waals surface area contributed by atoms with Crippen LogP contribution in [0.4, 0.5) is 5.69 Å². The van der Waals surface area contributed by atoms with E-state index < -0.39 is 0 Å². The van der Waals surface area contributed by atoms with Crippen molar-refractivity contribution in [2.75, 3.05) is 11.4 Å². The Balaban J connectivity index is 2.02. The van der Waals surface area contributed by atoms with Crippen molar-refractivity contribution in [1.29, 1.82) is 0 Å². The number of aryl methyl sites for hydroxylation is 1. The molecule has 0 unspecified atom stereocenters. The van der Waals surface area contributed by atoms with Crippen LogP contribution in [-0.2, 0) is 0 Å². The number of rotatable bonds is 1. The fourth-order valence-electron chi connectivity index (χ4n) is 2.35. The van der Waals surface area contributed by atoms with Crippen molar-refractivity contribution in [2.24, 2.45) is 5.16 Å². The summed E-state index contributed by atoms with van der Waals surface area (Å²) in [4.78, 5) is 14.1. The first-order valence-corrected chi connectivity index (χ1v) is 6.26. The molecule has 1 aliphatic rings. The van der Waals surface area contributed by atoms with Crippen molar-refractivity contribution in [3.05, 3.63) is 47.3 Å². The molecule has 6 heteroatoms. The highest BCUT2D eigenvalue weighted by atomic mass is 16.5. The topological polar surface area (TPSA) is 78.9 Å².